The summed E-state index contributed by atoms with van der Waals surface area (Å²) in [5.74, 6) is 0.0231. The molecule has 7 nitrogen and oxygen atoms in total. The summed E-state index contributed by atoms with van der Waals surface area (Å²) < 4.78 is 7.91. The molecule has 0 saturated carbocycles. The van der Waals surface area contributed by atoms with Crippen LogP contribution >= 0.6 is 23.2 Å². The number of hydrogen-bond acceptors (Lipinski definition) is 4. The second-order valence-corrected chi connectivity index (χ2v) is 6.33. The van der Waals surface area contributed by atoms with E-state index < -0.39 is 0 Å². The first-order valence-corrected chi connectivity index (χ1v) is 8.62. The smallest absolute Gasteiger partial charge is 0.350 e. The minimum absolute atomic E-state index is 0.208. The van der Waals surface area contributed by atoms with Gasteiger partial charge in [-0.15, -0.1) is 5.10 Å². The van der Waals surface area contributed by atoms with Crippen LogP contribution in [0.2, 0.25) is 10.0 Å². The number of ether oxygens (including phenoxy) is 1. The summed E-state index contributed by atoms with van der Waals surface area (Å²) >= 11 is 12.1. The molecule has 0 aliphatic rings. The summed E-state index contributed by atoms with van der Waals surface area (Å²) in [5.41, 5.74) is 0.718. The number of pyridine rings is 1. The van der Waals surface area contributed by atoms with Crippen LogP contribution in [0.4, 0.5) is 0 Å². The number of nitrogens with zero attached hydrogens (tertiary/aromatic N) is 3. The third-order valence-electron chi connectivity index (χ3n) is 3.79. The number of aryl methyl sites for hydroxylation is 1. The largest absolute Gasteiger partial charge is 0.494 e. The fraction of sp³-hybridized carbons (Fsp3) is 0.235. The van der Waals surface area contributed by atoms with Gasteiger partial charge >= 0.3 is 5.69 Å². The number of rotatable bonds is 6. The van der Waals surface area contributed by atoms with Gasteiger partial charge in [-0.05, 0) is 30.7 Å². The number of carbonyl (C=O) groups is 1. The van der Waals surface area contributed by atoms with E-state index in [2.05, 4.69) is 10.4 Å². The van der Waals surface area contributed by atoms with E-state index >= 15 is 0 Å². The lowest BCUT2D eigenvalue weighted by Gasteiger charge is -2.09. The maximum Gasteiger partial charge on any atom is 0.350 e. The Morgan fingerprint density at radius 2 is 2.00 bits per heavy atom. The van der Waals surface area contributed by atoms with E-state index in [9.17, 15) is 9.59 Å². The summed E-state index contributed by atoms with van der Waals surface area (Å²) in [6.45, 7) is 0.769. The molecular weight excluding hydrogens is 379 g/mol. The minimum atomic E-state index is -0.307. The first-order valence-electron chi connectivity index (χ1n) is 7.86. The number of methoxy groups -OCH3 is 1. The highest BCUT2D eigenvalue weighted by Crippen LogP contribution is 2.33. The molecule has 1 amide bonds. The number of amides is 1. The van der Waals surface area contributed by atoms with Crippen molar-refractivity contribution in [3.05, 3.63) is 62.6 Å². The molecule has 0 fully saturated rings. The van der Waals surface area contributed by atoms with Gasteiger partial charge in [-0.3, -0.25) is 9.20 Å². The number of carbonyl (C=O) groups excluding carboxylic acids is 1. The molecule has 3 rings (SSSR count). The van der Waals surface area contributed by atoms with E-state index in [1.54, 1.807) is 18.3 Å². The zero-order valence-electron chi connectivity index (χ0n) is 13.9. The molecule has 2 heterocycles. The van der Waals surface area contributed by atoms with Crippen LogP contribution in [0.3, 0.4) is 0 Å². The van der Waals surface area contributed by atoms with Crippen LogP contribution in [-0.2, 0) is 6.54 Å². The van der Waals surface area contributed by atoms with Crippen molar-refractivity contribution in [2.45, 2.75) is 13.0 Å². The molecule has 1 aromatic carbocycles. The highest BCUT2D eigenvalue weighted by atomic mass is 35.5. The Morgan fingerprint density at radius 3 is 2.65 bits per heavy atom. The molecule has 3 aromatic rings. The molecule has 26 heavy (non-hydrogen) atoms. The number of nitrogens with one attached hydrogen (secondary N) is 1. The van der Waals surface area contributed by atoms with Crippen molar-refractivity contribution in [3.8, 4) is 5.75 Å². The maximum absolute atomic E-state index is 12.2. The van der Waals surface area contributed by atoms with E-state index in [-0.39, 0.29) is 21.6 Å². The van der Waals surface area contributed by atoms with Crippen LogP contribution in [0, 0.1) is 0 Å². The summed E-state index contributed by atoms with van der Waals surface area (Å²) in [5, 5.41) is 7.53. The number of fused-ring (bicyclic) bond motifs is 1. The minimum Gasteiger partial charge on any atom is -0.494 e. The summed E-state index contributed by atoms with van der Waals surface area (Å²) in [6, 6.07) is 8.34. The average molecular weight is 395 g/mol. The van der Waals surface area contributed by atoms with E-state index in [0.29, 0.717) is 36.5 Å². The Hall–Kier alpha value is -2.51. The zero-order valence-corrected chi connectivity index (χ0v) is 15.4. The number of aromatic nitrogens is 3. The van der Waals surface area contributed by atoms with Crippen molar-refractivity contribution < 1.29 is 9.53 Å². The highest BCUT2D eigenvalue weighted by molar-refractivity contribution is 6.37. The van der Waals surface area contributed by atoms with E-state index in [1.165, 1.54) is 28.3 Å². The second-order valence-electron chi connectivity index (χ2n) is 5.52. The predicted octanol–water partition coefficient (Wildman–Crippen LogP) is 2.63. The quantitative estimate of drug-likeness (QED) is 0.651. The molecule has 0 radical (unpaired) electrons. The Morgan fingerprint density at radius 1 is 1.27 bits per heavy atom. The van der Waals surface area contributed by atoms with Crippen molar-refractivity contribution in [1.29, 1.82) is 0 Å². The highest BCUT2D eigenvalue weighted by Gasteiger charge is 2.13. The Labute approximate surface area is 159 Å². The summed E-state index contributed by atoms with van der Waals surface area (Å²) in [4.78, 5) is 24.4. The predicted molar refractivity (Wildman–Crippen MR) is 99.4 cm³/mol. The normalized spacial score (nSPS) is 10.9. The molecular formula is C17H16Cl2N4O3. The van der Waals surface area contributed by atoms with Gasteiger partial charge in [-0.25, -0.2) is 9.48 Å². The van der Waals surface area contributed by atoms with Crippen molar-refractivity contribution in [1.82, 2.24) is 19.5 Å². The van der Waals surface area contributed by atoms with Gasteiger partial charge in [0.15, 0.2) is 11.4 Å². The first-order chi connectivity index (χ1) is 12.5. The van der Waals surface area contributed by atoms with Gasteiger partial charge in [0.25, 0.3) is 5.91 Å². The van der Waals surface area contributed by atoms with Gasteiger partial charge in [0.2, 0.25) is 0 Å². The zero-order chi connectivity index (χ0) is 18.7. The lowest BCUT2D eigenvalue weighted by molar-refractivity contribution is 0.0952. The van der Waals surface area contributed by atoms with E-state index in [0.717, 1.165) is 0 Å². The molecule has 0 aliphatic heterocycles. The molecule has 9 heteroatoms. The van der Waals surface area contributed by atoms with Crippen molar-refractivity contribution in [2.75, 3.05) is 13.7 Å². The van der Waals surface area contributed by atoms with Crippen LogP contribution in [0.25, 0.3) is 5.65 Å². The lowest BCUT2D eigenvalue weighted by Crippen LogP contribution is -2.27. The molecule has 0 aliphatic carbocycles. The SMILES string of the molecule is COc1c(Cl)cc(C(=O)NCCCn2nc3ccccn3c2=O)cc1Cl. The van der Waals surface area contributed by atoms with Crippen LogP contribution in [0.15, 0.2) is 41.3 Å². The molecule has 1 N–H and O–H groups in total. The van der Waals surface area contributed by atoms with E-state index in [1.807, 2.05) is 6.07 Å². The first kappa shape index (κ1) is 18.3. The standard InChI is InChI=1S/C17H16Cl2N4O3/c1-26-15-12(18)9-11(10-13(15)19)16(24)20-6-4-8-23-17(25)22-7-3-2-5-14(22)21-23/h2-3,5,7,9-10H,4,6,8H2,1H3,(H,20,24). The number of benzene rings is 1. The second kappa shape index (κ2) is 7.80. The molecule has 0 saturated heterocycles. The van der Waals surface area contributed by atoms with Gasteiger partial charge in [0, 0.05) is 24.8 Å². The third-order valence-corrected chi connectivity index (χ3v) is 4.35. The topological polar surface area (TPSA) is 77.6 Å². The average Bonchev–Trinajstić information content (AvgIpc) is 2.94. The van der Waals surface area contributed by atoms with Gasteiger partial charge in [0.1, 0.15) is 0 Å². The van der Waals surface area contributed by atoms with Gasteiger partial charge in [0.05, 0.1) is 17.2 Å². The number of hydrogen-bond donors (Lipinski definition) is 1. The Kier molecular flexibility index (Phi) is 5.49. The van der Waals surface area contributed by atoms with E-state index in [4.69, 9.17) is 27.9 Å². The van der Waals surface area contributed by atoms with Crippen molar-refractivity contribution in [3.63, 3.8) is 0 Å². The third kappa shape index (κ3) is 3.68. The summed E-state index contributed by atoms with van der Waals surface area (Å²) in [7, 11) is 1.45. The van der Waals surface area contributed by atoms with Crippen molar-refractivity contribution in [2.24, 2.45) is 0 Å². The van der Waals surface area contributed by atoms with Crippen LogP contribution in [0.1, 0.15) is 16.8 Å². The molecule has 0 bridgehead atoms. The van der Waals surface area contributed by atoms with Crippen molar-refractivity contribution >= 4 is 34.8 Å². The Balaban J connectivity index is 1.58. The molecule has 0 spiro atoms. The molecule has 136 valence electrons. The lowest BCUT2D eigenvalue weighted by atomic mass is 10.2. The Bertz CT molecular complexity index is 990. The van der Waals surface area contributed by atoms with Gasteiger partial charge < -0.3 is 10.1 Å². The fourth-order valence-corrected chi connectivity index (χ4v) is 3.17. The molecule has 2 aromatic heterocycles. The maximum atomic E-state index is 12.2. The molecule has 0 atom stereocenters. The van der Waals surface area contributed by atoms with Crippen LogP contribution < -0.4 is 15.7 Å². The van der Waals surface area contributed by atoms with Gasteiger partial charge in [-0.1, -0.05) is 29.3 Å². The fourth-order valence-electron chi connectivity index (χ4n) is 2.53. The number of halogens is 2. The van der Waals surface area contributed by atoms with Crippen LogP contribution in [0.5, 0.6) is 5.75 Å². The van der Waals surface area contributed by atoms with Crippen LogP contribution in [-0.4, -0.2) is 33.7 Å². The van der Waals surface area contributed by atoms with Gasteiger partial charge in [-0.2, -0.15) is 0 Å². The summed E-state index contributed by atoms with van der Waals surface area (Å²) in [6.07, 6.45) is 2.22. The molecule has 0 unspecified atom stereocenters. The monoisotopic (exact) mass is 394 g/mol.